The van der Waals surface area contributed by atoms with Crippen molar-refractivity contribution in [2.24, 2.45) is 0 Å². The molecule has 0 aliphatic heterocycles. The van der Waals surface area contributed by atoms with Gasteiger partial charge in [-0.15, -0.1) is 0 Å². The third-order valence-corrected chi connectivity index (χ3v) is 3.62. The maximum Gasteiger partial charge on any atom is 0.328 e. The zero-order valence-corrected chi connectivity index (χ0v) is 14.7. The van der Waals surface area contributed by atoms with E-state index in [0.717, 1.165) is 17.2 Å². The van der Waals surface area contributed by atoms with E-state index in [4.69, 9.17) is 14.3 Å². The molecule has 0 aromatic heterocycles. The molecule has 0 aliphatic rings. The number of ether oxygens (including phenoxy) is 1. The molecule has 0 radical (unpaired) electrons. The molecule has 0 saturated carbocycles. The Morgan fingerprint density at radius 3 is 2.29 bits per heavy atom. The van der Waals surface area contributed by atoms with E-state index in [0.29, 0.717) is 11.5 Å². The third kappa shape index (κ3) is 4.63. The van der Waals surface area contributed by atoms with Crippen LogP contribution in [0.15, 0.2) is 18.2 Å². The molecule has 0 amide bonds. The molecule has 116 valence electrons. The van der Waals surface area contributed by atoms with Gasteiger partial charge in [0.2, 0.25) is 9.04 Å². The van der Waals surface area contributed by atoms with Gasteiger partial charge in [0.15, 0.2) is 11.5 Å². The van der Waals surface area contributed by atoms with Crippen molar-refractivity contribution in [1.82, 2.24) is 0 Å². The van der Waals surface area contributed by atoms with Crippen molar-refractivity contribution in [2.45, 2.75) is 39.3 Å². The van der Waals surface area contributed by atoms with Crippen molar-refractivity contribution >= 4 is 21.1 Å². The lowest BCUT2D eigenvalue weighted by molar-refractivity contribution is -0.131. The smallest absolute Gasteiger partial charge is 0.328 e. The van der Waals surface area contributed by atoms with Gasteiger partial charge in [-0.05, 0) is 24.6 Å². The van der Waals surface area contributed by atoms with Crippen LogP contribution in [0.5, 0.6) is 11.5 Å². The van der Waals surface area contributed by atoms with Crippen molar-refractivity contribution in [2.75, 3.05) is 7.11 Å². The fourth-order valence-corrected chi connectivity index (χ4v) is 2.74. The lowest BCUT2D eigenvalue weighted by atomic mass is 9.85. The molecule has 1 N–H and O–H groups in total. The Hall–Kier alpha value is -1.75. The highest BCUT2D eigenvalue weighted by Gasteiger charge is 2.24. The third-order valence-electron chi connectivity index (χ3n) is 2.91. The Morgan fingerprint density at radius 2 is 1.86 bits per heavy atom. The molecule has 0 unspecified atom stereocenters. The van der Waals surface area contributed by atoms with Gasteiger partial charge in [-0.2, -0.15) is 0 Å². The second kappa shape index (κ2) is 6.80. The van der Waals surface area contributed by atoms with Gasteiger partial charge < -0.3 is 14.3 Å². The summed E-state index contributed by atoms with van der Waals surface area (Å²) in [5.74, 6) is 0.349. The van der Waals surface area contributed by atoms with Crippen LogP contribution in [0.1, 0.15) is 31.9 Å². The first-order valence-electron chi connectivity index (χ1n) is 6.96. The highest BCUT2D eigenvalue weighted by molar-refractivity contribution is 6.49. The molecule has 0 atom stereocenters. The number of aliphatic carboxylic acids is 1. The Kier molecular flexibility index (Phi) is 5.60. The summed E-state index contributed by atoms with van der Waals surface area (Å²) in [4.78, 5) is 10.7. The average Bonchev–Trinajstić information content (AvgIpc) is 2.34. The highest BCUT2D eigenvalue weighted by atomic mass is 28.3. The quantitative estimate of drug-likeness (QED) is 0.668. The molecule has 0 aliphatic carbocycles. The van der Waals surface area contributed by atoms with Crippen LogP contribution in [-0.4, -0.2) is 27.2 Å². The predicted octanol–water partition coefficient (Wildman–Crippen LogP) is 3.45. The van der Waals surface area contributed by atoms with E-state index in [-0.39, 0.29) is 5.41 Å². The van der Waals surface area contributed by atoms with Gasteiger partial charge in [-0.1, -0.05) is 32.9 Å². The fraction of sp³-hybridized carbons (Fsp3) is 0.438. The predicted molar refractivity (Wildman–Crippen MR) is 87.9 cm³/mol. The number of rotatable bonds is 5. The fourth-order valence-electron chi connectivity index (χ4n) is 2.02. The van der Waals surface area contributed by atoms with Crippen LogP contribution < -0.4 is 9.16 Å². The molecule has 1 rings (SSSR count). The Balaban J connectivity index is 3.49. The Labute approximate surface area is 128 Å². The summed E-state index contributed by atoms with van der Waals surface area (Å²) in [5, 5.41) is 8.81. The first-order valence-corrected chi connectivity index (χ1v) is 9.74. The minimum atomic E-state index is -1.35. The topological polar surface area (TPSA) is 55.8 Å². The van der Waals surface area contributed by atoms with Crippen molar-refractivity contribution < 1.29 is 19.1 Å². The van der Waals surface area contributed by atoms with Crippen LogP contribution in [0.3, 0.4) is 0 Å². The van der Waals surface area contributed by atoms with Crippen LogP contribution in [0.4, 0.5) is 0 Å². The molecule has 1 aromatic carbocycles. The van der Waals surface area contributed by atoms with E-state index in [1.54, 1.807) is 13.2 Å². The monoisotopic (exact) mass is 308 g/mol. The molecule has 4 nitrogen and oxygen atoms in total. The highest BCUT2D eigenvalue weighted by Crippen LogP contribution is 2.41. The summed E-state index contributed by atoms with van der Waals surface area (Å²) in [7, 11) is 0.262. The zero-order valence-electron chi connectivity index (χ0n) is 13.6. The SMILES string of the molecule is COc1c(C(C)(C)C)ccc(/C=C/C(=O)O)c1O[SiH](C)C. The number of carboxylic acid groups (broad SMARTS) is 1. The number of carbonyl (C=O) groups is 1. The maximum absolute atomic E-state index is 10.7. The molecule has 5 heteroatoms. The molecule has 0 fully saturated rings. The van der Waals surface area contributed by atoms with Gasteiger partial charge in [0.05, 0.1) is 7.11 Å². The lowest BCUT2D eigenvalue weighted by Gasteiger charge is -2.26. The van der Waals surface area contributed by atoms with Crippen LogP contribution in [0.2, 0.25) is 13.1 Å². The van der Waals surface area contributed by atoms with Crippen LogP contribution in [0, 0.1) is 0 Å². The van der Waals surface area contributed by atoms with E-state index < -0.39 is 15.0 Å². The number of hydrogen-bond donors (Lipinski definition) is 1. The summed E-state index contributed by atoms with van der Waals surface area (Å²) >= 11 is 0. The normalized spacial score (nSPS) is 12.0. The number of carboxylic acids is 1. The molecule has 0 bridgehead atoms. The van der Waals surface area contributed by atoms with Gasteiger partial charge in [0.1, 0.15) is 0 Å². The zero-order chi connectivity index (χ0) is 16.2. The Bertz CT molecular complexity index is 542. The van der Waals surface area contributed by atoms with Crippen molar-refractivity contribution in [3.8, 4) is 11.5 Å². The van der Waals surface area contributed by atoms with Crippen molar-refractivity contribution in [1.29, 1.82) is 0 Å². The molecule has 0 saturated heterocycles. The number of hydrogen-bond acceptors (Lipinski definition) is 3. The summed E-state index contributed by atoms with van der Waals surface area (Å²) in [6.45, 7) is 10.4. The first kappa shape index (κ1) is 17.3. The minimum absolute atomic E-state index is 0.0863. The van der Waals surface area contributed by atoms with Gasteiger partial charge in [0.25, 0.3) is 0 Å². The van der Waals surface area contributed by atoms with Crippen LogP contribution >= 0.6 is 0 Å². The van der Waals surface area contributed by atoms with E-state index in [2.05, 4.69) is 33.9 Å². The first-order chi connectivity index (χ1) is 9.66. The second-order valence-electron chi connectivity index (χ2n) is 6.15. The summed E-state index contributed by atoms with van der Waals surface area (Å²) < 4.78 is 11.6. The molecule has 21 heavy (non-hydrogen) atoms. The molecular formula is C16H24O4Si. The van der Waals surface area contributed by atoms with Crippen LogP contribution in [-0.2, 0) is 10.2 Å². The maximum atomic E-state index is 10.7. The van der Waals surface area contributed by atoms with Crippen molar-refractivity contribution in [3.63, 3.8) is 0 Å². The molecule has 1 aromatic rings. The van der Waals surface area contributed by atoms with Crippen LogP contribution in [0.25, 0.3) is 6.08 Å². The van der Waals surface area contributed by atoms with E-state index >= 15 is 0 Å². The summed E-state index contributed by atoms with van der Waals surface area (Å²) in [6.07, 6.45) is 2.66. The minimum Gasteiger partial charge on any atom is -0.544 e. The Morgan fingerprint density at radius 1 is 1.24 bits per heavy atom. The number of benzene rings is 1. The standard InChI is InChI=1S/C16H24O4Si/c1-16(2,3)12-9-7-11(8-10-13(17)18)14(15(12)19-4)20-21(5)6/h7-10,21H,1-6H3,(H,17,18)/b10-8+. The van der Waals surface area contributed by atoms with Gasteiger partial charge in [0, 0.05) is 17.2 Å². The molecule has 0 heterocycles. The summed E-state index contributed by atoms with van der Waals surface area (Å²) in [5.41, 5.74) is 1.68. The molecular weight excluding hydrogens is 284 g/mol. The van der Waals surface area contributed by atoms with Gasteiger partial charge in [-0.25, -0.2) is 4.79 Å². The van der Waals surface area contributed by atoms with E-state index in [1.807, 2.05) is 12.1 Å². The van der Waals surface area contributed by atoms with E-state index in [9.17, 15) is 4.79 Å². The van der Waals surface area contributed by atoms with Gasteiger partial charge >= 0.3 is 5.97 Å². The largest absolute Gasteiger partial charge is 0.544 e. The second-order valence-corrected chi connectivity index (χ2v) is 8.49. The van der Waals surface area contributed by atoms with Crippen molar-refractivity contribution in [3.05, 3.63) is 29.3 Å². The number of methoxy groups -OCH3 is 1. The molecule has 0 spiro atoms. The van der Waals surface area contributed by atoms with E-state index in [1.165, 1.54) is 0 Å². The average molecular weight is 308 g/mol. The summed E-state index contributed by atoms with van der Waals surface area (Å²) in [6, 6.07) is 3.85. The van der Waals surface area contributed by atoms with Gasteiger partial charge in [-0.3, -0.25) is 0 Å². The lowest BCUT2D eigenvalue weighted by Crippen LogP contribution is -2.17.